The fraction of sp³-hybridized carbons (Fsp3) is 0.176. The van der Waals surface area contributed by atoms with Crippen LogP contribution in [-0.4, -0.2) is 32.4 Å². The largest absolute Gasteiger partial charge is 0.493 e. The summed E-state index contributed by atoms with van der Waals surface area (Å²) in [5.41, 5.74) is 0.368. The Hall–Kier alpha value is -2.94. The standard InChI is InChI=1S/C17H16F2N2O4S/c1-23-14-7-10(16(22)25-3)13(8-15(14)24-2)21-17(26)20-12-5-4-9(18)6-11(12)19/h4-8H,1-3H3,(H2,20,21,26). The van der Waals surface area contributed by atoms with E-state index in [1.54, 1.807) is 0 Å². The van der Waals surface area contributed by atoms with Crippen LogP contribution in [0.15, 0.2) is 30.3 Å². The number of anilines is 2. The van der Waals surface area contributed by atoms with Gasteiger partial charge in [0, 0.05) is 18.2 Å². The van der Waals surface area contributed by atoms with Gasteiger partial charge in [-0.25, -0.2) is 13.6 Å². The van der Waals surface area contributed by atoms with E-state index in [0.717, 1.165) is 12.1 Å². The first-order valence-corrected chi connectivity index (χ1v) is 7.67. The molecule has 0 aliphatic carbocycles. The van der Waals surface area contributed by atoms with Gasteiger partial charge in [-0.2, -0.15) is 0 Å². The van der Waals surface area contributed by atoms with Gasteiger partial charge >= 0.3 is 5.97 Å². The molecule has 138 valence electrons. The van der Waals surface area contributed by atoms with Crippen molar-refractivity contribution < 1.29 is 27.8 Å². The zero-order chi connectivity index (χ0) is 19.3. The van der Waals surface area contributed by atoms with E-state index in [2.05, 4.69) is 10.6 Å². The number of halogens is 2. The van der Waals surface area contributed by atoms with Gasteiger partial charge in [-0.1, -0.05) is 0 Å². The predicted molar refractivity (Wildman–Crippen MR) is 97.1 cm³/mol. The molecule has 0 atom stereocenters. The van der Waals surface area contributed by atoms with Crippen LogP contribution in [0.2, 0.25) is 0 Å². The summed E-state index contributed by atoms with van der Waals surface area (Å²) in [5.74, 6) is -1.49. The molecule has 0 saturated heterocycles. The molecule has 0 spiro atoms. The predicted octanol–water partition coefficient (Wildman–Crippen LogP) is 3.58. The van der Waals surface area contributed by atoms with Gasteiger partial charge in [0.2, 0.25) is 0 Å². The molecular formula is C17H16F2N2O4S. The van der Waals surface area contributed by atoms with Gasteiger partial charge in [-0.05, 0) is 24.4 Å². The Morgan fingerprint density at radius 3 is 2.15 bits per heavy atom. The van der Waals surface area contributed by atoms with Crippen LogP contribution >= 0.6 is 12.2 Å². The molecule has 0 saturated carbocycles. The minimum absolute atomic E-state index is 0.0205. The monoisotopic (exact) mass is 382 g/mol. The molecule has 6 nitrogen and oxygen atoms in total. The molecule has 2 aromatic rings. The van der Waals surface area contributed by atoms with Crippen LogP contribution in [-0.2, 0) is 4.74 Å². The smallest absolute Gasteiger partial charge is 0.340 e. The number of methoxy groups -OCH3 is 3. The lowest BCUT2D eigenvalue weighted by Crippen LogP contribution is -2.21. The molecule has 0 aromatic heterocycles. The number of carbonyl (C=O) groups is 1. The lowest BCUT2D eigenvalue weighted by molar-refractivity contribution is 0.0601. The molecular weight excluding hydrogens is 366 g/mol. The number of hydrogen-bond donors (Lipinski definition) is 2. The molecule has 2 N–H and O–H groups in total. The van der Waals surface area contributed by atoms with Crippen LogP contribution in [0.1, 0.15) is 10.4 Å². The van der Waals surface area contributed by atoms with E-state index in [-0.39, 0.29) is 22.1 Å². The molecule has 0 amide bonds. The first-order chi connectivity index (χ1) is 12.4. The molecule has 0 heterocycles. The fourth-order valence-electron chi connectivity index (χ4n) is 2.13. The number of carbonyl (C=O) groups excluding carboxylic acids is 1. The number of thiocarbonyl (C=S) groups is 1. The zero-order valence-electron chi connectivity index (χ0n) is 14.2. The van der Waals surface area contributed by atoms with E-state index in [1.165, 1.54) is 39.5 Å². The highest BCUT2D eigenvalue weighted by Crippen LogP contribution is 2.34. The Balaban J connectivity index is 2.31. The molecule has 26 heavy (non-hydrogen) atoms. The number of benzene rings is 2. The minimum Gasteiger partial charge on any atom is -0.493 e. The quantitative estimate of drug-likeness (QED) is 0.605. The number of hydrogen-bond acceptors (Lipinski definition) is 5. The molecule has 9 heteroatoms. The fourth-order valence-corrected chi connectivity index (χ4v) is 2.35. The maximum atomic E-state index is 13.7. The Kier molecular flexibility index (Phi) is 6.29. The summed E-state index contributed by atoms with van der Waals surface area (Å²) in [6.45, 7) is 0. The third kappa shape index (κ3) is 4.37. The molecule has 0 fully saturated rings. The van der Waals surface area contributed by atoms with Crippen molar-refractivity contribution in [3.8, 4) is 11.5 Å². The average molecular weight is 382 g/mol. The molecule has 0 unspecified atom stereocenters. The van der Waals surface area contributed by atoms with Crippen LogP contribution in [0.5, 0.6) is 11.5 Å². The number of ether oxygens (including phenoxy) is 3. The summed E-state index contributed by atoms with van der Waals surface area (Å²) in [6, 6.07) is 5.92. The number of esters is 1. The van der Waals surface area contributed by atoms with E-state index in [9.17, 15) is 13.6 Å². The summed E-state index contributed by atoms with van der Waals surface area (Å²) >= 11 is 5.13. The van der Waals surface area contributed by atoms with Gasteiger partial charge in [0.05, 0.1) is 38.3 Å². The van der Waals surface area contributed by atoms with Crippen molar-refractivity contribution in [2.45, 2.75) is 0 Å². The van der Waals surface area contributed by atoms with Crippen molar-refractivity contribution in [1.29, 1.82) is 0 Å². The molecule has 2 aromatic carbocycles. The Labute approximate surface area is 154 Å². The molecule has 2 rings (SSSR count). The van der Waals surface area contributed by atoms with Crippen LogP contribution in [0, 0.1) is 11.6 Å². The normalized spacial score (nSPS) is 10.0. The van der Waals surface area contributed by atoms with Crippen LogP contribution < -0.4 is 20.1 Å². The maximum Gasteiger partial charge on any atom is 0.340 e. The van der Waals surface area contributed by atoms with E-state index < -0.39 is 17.6 Å². The SMILES string of the molecule is COC(=O)c1cc(OC)c(OC)cc1NC(=S)Nc1ccc(F)cc1F. The van der Waals surface area contributed by atoms with Crippen molar-refractivity contribution in [3.05, 3.63) is 47.5 Å². The highest BCUT2D eigenvalue weighted by molar-refractivity contribution is 7.80. The van der Waals surface area contributed by atoms with E-state index in [4.69, 9.17) is 26.4 Å². The maximum absolute atomic E-state index is 13.7. The van der Waals surface area contributed by atoms with Crippen molar-refractivity contribution in [2.75, 3.05) is 32.0 Å². The molecule has 0 aliphatic rings. The summed E-state index contributed by atoms with van der Waals surface area (Å²) in [4.78, 5) is 12.0. The van der Waals surface area contributed by atoms with E-state index in [1.807, 2.05) is 0 Å². The summed E-state index contributed by atoms with van der Waals surface area (Å²) in [6.07, 6.45) is 0. The topological polar surface area (TPSA) is 68.8 Å². The Morgan fingerprint density at radius 1 is 0.962 bits per heavy atom. The van der Waals surface area contributed by atoms with Gasteiger partial charge in [0.25, 0.3) is 0 Å². The minimum atomic E-state index is -0.811. The lowest BCUT2D eigenvalue weighted by atomic mass is 10.1. The Bertz CT molecular complexity index is 846. The van der Waals surface area contributed by atoms with Crippen molar-refractivity contribution in [1.82, 2.24) is 0 Å². The average Bonchev–Trinajstić information content (AvgIpc) is 2.62. The third-order valence-corrected chi connectivity index (χ3v) is 3.56. The zero-order valence-corrected chi connectivity index (χ0v) is 15.0. The van der Waals surface area contributed by atoms with Crippen molar-refractivity contribution >= 4 is 34.7 Å². The molecule has 0 radical (unpaired) electrons. The van der Waals surface area contributed by atoms with Crippen LogP contribution in [0.25, 0.3) is 0 Å². The van der Waals surface area contributed by atoms with E-state index in [0.29, 0.717) is 11.5 Å². The van der Waals surface area contributed by atoms with Gasteiger partial charge in [-0.3, -0.25) is 0 Å². The highest BCUT2D eigenvalue weighted by atomic mass is 32.1. The van der Waals surface area contributed by atoms with Crippen molar-refractivity contribution in [2.24, 2.45) is 0 Å². The van der Waals surface area contributed by atoms with Gasteiger partial charge in [0.15, 0.2) is 16.6 Å². The lowest BCUT2D eigenvalue weighted by Gasteiger charge is -2.16. The second-order valence-corrected chi connectivity index (χ2v) is 5.36. The van der Waals surface area contributed by atoms with Gasteiger partial charge < -0.3 is 24.8 Å². The van der Waals surface area contributed by atoms with Gasteiger partial charge in [0.1, 0.15) is 11.6 Å². The summed E-state index contributed by atoms with van der Waals surface area (Å²) < 4.78 is 41.8. The molecule has 0 bridgehead atoms. The summed E-state index contributed by atoms with van der Waals surface area (Å²) in [7, 11) is 4.09. The summed E-state index contributed by atoms with van der Waals surface area (Å²) in [5, 5.41) is 5.34. The second-order valence-electron chi connectivity index (χ2n) is 4.95. The van der Waals surface area contributed by atoms with Crippen LogP contribution in [0.4, 0.5) is 20.2 Å². The second kappa shape index (κ2) is 8.43. The molecule has 0 aliphatic heterocycles. The third-order valence-electron chi connectivity index (χ3n) is 3.36. The van der Waals surface area contributed by atoms with Gasteiger partial charge in [-0.15, -0.1) is 0 Å². The van der Waals surface area contributed by atoms with E-state index >= 15 is 0 Å². The highest BCUT2D eigenvalue weighted by Gasteiger charge is 2.18. The number of nitrogens with one attached hydrogen (secondary N) is 2. The Morgan fingerprint density at radius 2 is 1.58 bits per heavy atom. The first-order valence-electron chi connectivity index (χ1n) is 7.27. The van der Waals surface area contributed by atoms with Crippen molar-refractivity contribution in [3.63, 3.8) is 0 Å². The number of rotatable bonds is 5. The first kappa shape index (κ1) is 19.4. The van der Waals surface area contributed by atoms with Crippen LogP contribution in [0.3, 0.4) is 0 Å².